The van der Waals surface area contributed by atoms with Gasteiger partial charge in [0.25, 0.3) is 5.91 Å². The van der Waals surface area contributed by atoms with E-state index in [-0.39, 0.29) is 5.91 Å². The summed E-state index contributed by atoms with van der Waals surface area (Å²) in [6.45, 7) is 3.71. The van der Waals surface area contributed by atoms with E-state index in [0.29, 0.717) is 15.7 Å². The molecule has 0 aliphatic heterocycles. The zero-order valence-electron chi connectivity index (χ0n) is 12.0. The first kappa shape index (κ1) is 14.7. The maximum Gasteiger partial charge on any atom is 0.268 e. The first-order valence-corrected chi connectivity index (χ1v) is 7.84. The second-order valence-corrected chi connectivity index (χ2v) is 6.09. The average molecular weight is 333 g/mol. The van der Waals surface area contributed by atoms with Crippen LogP contribution in [0, 0.1) is 13.8 Å². The van der Waals surface area contributed by atoms with Gasteiger partial charge in [0.15, 0.2) is 5.82 Å². The largest absolute Gasteiger partial charge is 0.304 e. The van der Waals surface area contributed by atoms with E-state index in [9.17, 15) is 4.79 Å². The summed E-state index contributed by atoms with van der Waals surface area (Å²) in [6, 6.07) is 7.33. The summed E-state index contributed by atoms with van der Waals surface area (Å²) >= 11 is 7.20. The lowest BCUT2D eigenvalue weighted by Crippen LogP contribution is -2.13. The highest BCUT2D eigenvalue weighted by atomic mass is 35.5. The van der Waals surface area contributed by atoms with Crippen LogP contribution in [0.1, 0.15) is 20.9 Å². The highest BCUT2D eigenvalue weighted by Crippen LogP contribution is 2.20. The minimum absolute atomic E-state index is 0.190. The fourth-order valence-corrected chi connectivity index (χ4v) is 2.82. The molecule has 2 heterocycles. The van der Waals surface area contributed by atoms with Gasteiger partial charge in [-0.25, -0.2) is 9.67 Å². The molecule has 112 valence electrons. The van der Waals surface area contributed by atoms with Crippen LogP contribution in [0.5, 0.6) is 0 Å². The van der Waals surface area contributed by atoms with Gasteiger partial charge in [0.05, 0.1) is 16.9 Å². The Labute approximate surface area is 136 Å². The van der Waals surface area contributed by atoms with Crippen LogP contribution in [0.2, 0.25) is 5.02 Å². The van der Waals surface area contributed by atoms with Crippen LogP contribution in [0.15, 0.2) is 36.0 Å². The Morgan fingerprint density at radius 1 is 1.27 bits per heavy atom. The molecular weight excluding hydrogens is 320 g/mol. The van der Waals surface area contributed by atoms with Crippen LogP contribution in [0.3, 0.4) is 0 Å². The van der Waals surface area contributed by atoms with E-state index in [2.05, 4.69) is 15.4 Å². The lowest BCUT2D eigenvalue weighted by atomic mass is 10.3. The van der Waals surface area contributed by atoms with Crippen molar-refractivity contribution in [3.8, 4) is 5.69 Å². The first-order valence-electron chi connectivity index (χ1n) is 6.58. The normalized spacial score (nSPS) is 10.7. The van der Waals surface area contributed by atoms with Crippen LogP contribution in [-0.2, 0) is 0 Å². The van der Waals surface area contributed by atoms with Gasteiger partial charge in [0.2, 0.25) is 0 Å². The fraction of sp³-hybridized carbons (Fsp3) is 0.133. The van der Waals surface area contributed by atoms with E-state index < -0.39 is 0 Å². The molecule has 7 heteroatoms. The van der Waals surface area contributed by atoms with Crippen LogP contribution < -0.4 is 5.32 Å². The molecule has 0 spiro atoms. The number of anilines is 1. The highest BCUT2D eigenvalue weighted by Gasteiger charge is 2.15. The SMILES string of the molecule is Cc1cn(-c2ccc(Cl)cc2)nc1NC(=O)c1scnc1C. The molecule has 1 N–H and O–H groups in total. The van der Waals surface area contributed by atoms with E-state index >= 15 is 0 Å². The number of amides is 1. The third kappa shape index (κ3) is 2.88. The quantitative estimate of drug-likeness (QED) is 0.792. The maximum absolute atomic E-state index is 12.2. The van der Waals surface area contributed by atoms with Crippen molar-refractivity contribution >= 4 is 34.7 Å². The molecule has 0 radical (unpaired) electrons. The third-order valence-corrected chi connectivity index (χ3v) is 4.35. The molecule has 0 aliphatic carbocycles. The molecule has 1 amide bonds. The molecule has 22 heavy (non-hydrogen) atoms. The van der Waals surface area contributed by atoms with Crippen molar-refractivity contribution in [1.29, 1.82) is 0 Å². The Morgan fingerprint density at radius 2 is 2.00 bits per heavy atom. The smallest absolute Gasteiger partial charge is 0.268 e. The van der Waals surface area contributed by atoms with Crippen LogP contribution in [0.4, 0.5) is 5.82 Å². The van der Waals surface area contributed by atoms with Gasteiger partial charge in [0.1, 0.15) is 4.88 Å². The predicted octanol–water partition coefficient (Wildman–Crippen LogP) is 3.85. The standard InChI is InChI=1S/C15H13ClN4OS/c1-9-7-20(12-5-3-11(16)4-6-12)19-14(9)18-15(21)13-10(2)17-8-22-13/h3-8H,1-2H3,(H,18,19,21). The molecule has 1 aromatic carbocycles. The first-order chi connectivity index (χ1) is 10.5. The molecule has 3 rings (SSSR count). The van der Waals surface area contributed by atoms with Gasteiger partial charge >= 0.3 is 0 Å². The number of rotatable bonds is 3. The molecule has 0 saturated heterocycles. The fourth-order valence-electron chi connectivity index (χ4n) is 1.99. The number of hydrogen-bond acceptors (Lipinski definition) is 4. The predicted molar refractivity (Wildman–Crippen MR) is 88.1 cm³/mol. The molecule has 5 nitrogen and oxygen atoms in total. The van der Waals surface area contributed by atoms with Crippen molar-refractivity contribution < 1.29 is 4.79 Å². The van der Waals surface area contributed by atoms with E-state index in [1.807, 2.05) is 32.2 Å². The summed E-state index contributed by atoms with van der Waals surface area (Å²) < 4.78 is 1.71. The van der Waals surface area contributed by atoms with Gasteiger partial charge in [-0.15, -0.1) is 16.4 Å². The summed E-state index contributed by atoms with van der Waals surface area (Å²) in [5.41, 5.74) is 4.13. The van der Waals surface area contributed by atoms with Crippen LogP contribution in [-0.4, -0.2) is 20.7 Å². The van der Waals surface area contributed by atoms with Gasteiger partial charge in [-0.3, -0.25) is 4.79 Å². The number of aromatic nitrogens is 3. The molecule has 3 aromatic rings. The zero-order valence-corrected chi connectivity index (χ0v) is 13.6. The number of nitrogens with one attached hydrogen (secondary N) is 1. The summed E-state index contributed by atoms with van der Waals surface area (Å²) in [4.78, 5) is 16.9. The van der Waals surface area contributed by atoms with Gasteiger partial charge < -0.3 is 5.32 Å². The number of halogens is 1. The summed E-state index contributed by atoms with van der Waals surface area (Å²) in [5, 5.41) is 7.91. The van der Waals surface area contributed by atoms with Crippen molar-refractivity contribution in [3.63, 3.8) is 0 Å². The van der Waals surface area contributed by atoms with Gasteiger partial charge in [-0.05, 0) is 38.1 Å². The maximum atomic E-state index is 12.2. The second-order valence-electron chi connectivity index (χ2n) is 4.80. The number of thiazole rings is 1. The van der Waals surface area contributed by atoms with Crippen molar-refractivity contribution in [3.05, 3.63) is 57.1 Å². The average Bonchev–Trinajstić information content (AvgIpc) is 3.06. The number of nitrogens with zero attached hydrogens (tertiary/aromatic N) is 3. The lowest BCUT2D eigenvalue weighted by Gasteiger charge is -2.02. The van der Waals surface area contributed by atoms with Crippen molar-refractivity contribution in [1.82, 2.24) is 14.8 Å². The Balaban J connectivity index is 1.85. The molecule has 2 aromatic heterocycles. The topological polar surface area (TPSA) is 59.8 Å². The zero-order chi connectivity index (χ0) is 15.7. The van der Waals surface area contributed by atoms with Crippen molar-refractivity contribution in [2.45, 2.75) is 13.8 Å². The third-order valence-electron chi connectivity index (χ3n) is 3.17. The minimum Gasteiger partial charge on any atom is -0.304 e. The van der Waals surface area contributed by atoms with Crippen molar-refractivity contribution in [2.75, 3.05) is 5.32 Å². The Bertz CT molecular complexity index is 822. The molecule has 0 bridgehead atoms. The number of aryl methyl sites for hydroxylation is 2. The van der Waals surface area contributed by atoms with Crippen LogP contribution in [0.25, 0.3) is 5.69 Å². The van der Waals surface area contributed by atoms with E-state index in [0.717, 1.165) is 16.9 Å². The number of hydrogen-bond donors (Lipinski definition) is 1. The number of carbonyl (C=O) groups is 1. The van der Waals surface area contributed by atoms with Gasteiger partial charge in [0, 0.05) is 16.8 Å². The van der Waals surface area contributed by atoms with E-state index in [1.165, 1.54) is 11.3 Å². The summed E-state index contributed by atoms with van der Waals surface area (Å²) in [5.74, 6) is 0.345. The van der Waals surface area contributed by atoms with E-state index in [4.69, 9.17) is 11.6 Å². The summed E-state index contributed by atoms with van der Waals surface area (Å²) in [7, 11) is 0. The molecular formula is C15H13ClN4OS. The number of benzene rings is 1. The van der Waals surface area contributed by atoms with Gasteiger partial charge in [-0.1, -0.05) is 11.6 Å². The Hall–Kier alpha value is -2.18. The highest BCUT2D eigenvalue weighted by molar-refractivity contribution is 7.12. The second kappa shape index (κ2) is 5.90. The Kier molecular flexibility index (Phi) is 3.96. The molecule has 0 unspecified atom stereocenters. The van der Waals surface area contributed by atoms with Crippen molar-refractivity contribution in [2.24, 2.45) is 0 Å². The minimum atomic E-state index is -0.190. The van der Waals surface area contributed by atoms with Crippen LogP contribution >= 0.6 is 22.9 Å². The number of carbonyl (C=O) groups excluding carboxylic acids is 1. The summed E-state index contributed by atoms with van der Waals surface area (Å²) in [6.07, 6.45) is 1.86. The molecule has 0 saturated carbocycles. The monoisotopic (exact) mass is 332 g/mol. The molecule has 0 atom stereocenters. The Morgan fingerprint density at radius 3 is 2.64 bits per heavy atom. The van der Waals surface area contributed by atoms with E-state index in [1.54, 1.807) is 22.3 Å². The molecule has 0 fully saturated rings. The lowest BCUT2D eigenvalue weighted by molar-refractivity contribution is 0.102. The molecule has 0 aliphatic rings. The van der Waals surface area contributed by atoms with Gasteiger partial charge in [-0.2, -0.15) is 0 Å².